The quantitative estimate of drug-likeness (QED) is 0.552. The van der Waals surface area contributed by atoms with E-state index in [2.05, 4.69) is 90.5 Å². The van der Waals surface area contributed by atoms with Crippen LogP contribution in [0.5, 0.6) is 0 Å². The minimum Gasteiger partial charge on any atom is -0.369 e. The summed E-state index contributed by atoms with van der Waals surface area (Å²) in [5.74, 6) is 2.76. The highest BCUT2D eigenvalue weighted by Gasteiger charge is 2.49. The highest BCUT2D eigenvalue weighted by Crippen LogP contribution is 2.48. The monoisotopic (exact) mass is 439 g/mol. The molecule has 3 aliphatic heterocycles. The molecule has 2 fully saturated rings. The number of hydrogen-bond donors (Lipinski definition) is 3. The summed E-state index contributed by atoms with van der Waals surface area (Å²) >= 11 is 0. The number of hydrogen-bond acceptors (Lipinski definition) is 3. The van der Waals surface area contributed by atoms with E-state index in [4.69, 9.17) is 0 Å². The van der Waals surface area contributed by atoms with Gasteiger partial charge in [0.2, 0.25) is 0 Å². The van der Waals surface area contributed by atoms with Crippen molar-refractivity contribution < 1.29 is 0 Å². The lowest BCUT2D eigenvalue weighted by Gasteiger charge is -2.51. The van der Waals surface area contributed by atoms with Crippen LogP contribution in [0.25, 0.3) is 11.4 Å². The zero-order valence-corrected chi connectivity index (χ0v) is 20.0. The van der Waals surface area contributed by atoms with Gasteiger partial charge in [-0.1, -0.05) is 104 Å². The van der Waals surface area contributed by atoms with Crippen LogP contribution in [0.3, 0.4) is 0 Å². The van der Waals surface area contributed by atoms with Crippen molar-refractivity contribution in [3.63, 3.8) is 0 Å². The first-order valence-electron chi connectivity index (χ1n) is 13.0. The third kappa shape index (κ3) is 4.01. The molecule has 3 nitrogen and oxygen atoms in total. The van der Waals surface area contributed by atoms with Crippen LogP contribution in [-0.4, -0.2) is 12.3 Å². The molecule has 1 saturated carbocycles. The summed E-state index contributed by atoms with van der Waals surface area (Å²) in [6.07, 6.45) is 13.9. The predicted molar refractivity (Wildman–Crippen MR) is 137 cm³/mol. The molecule has 1 saturated heterocycles. The average Bonchev–Trinajstić information content (AvgIpc) is 3.27. The minimum absolute atomic E-state index is 0.305. The smallest absolute Gasteiger partial charge is 0.0851 e. The number of fused-ring (bicyclic) bond motifs is 2. The Morgan fingerprint density at radius 2 is 1.30 bits per heavy atom. The highest BCUT2D eigenvalue weighted by atomic mass is 15.3. The van der Waals surface area contributed by atoms with Gasteiger partial charge in [0, 0.05) is 17.3 Å². The number of allylic oxidation sites excluding steroid dienone is 1. The second-order valence-electron chi connectivity index (χ2n) is 10.8. The molecule has 0 spiro atoms. The van der Waals surface area contributed by atoms with Gasteiger partial charge in [0.25, 0.3) is 0 Å². The van der Waals surface area contributed by atoms with Gasteiger partial charge in [-0.25, -0.2) is 0 Å². The maximum atomic E-state index is 3.99. The molecule has 4 aliphatic rings. The molecular formula is C30H37N3. The van der Waals surface area contributed by atoms with Gasteiger partial charge in [-0.15, -0.1) is 0 Å². The number of piperidine rings is 1. The summed E-state index contributed by atoms with van der Waals surface area (Å²) in [6, 6.07) is 17.9. The second kappa shape index (κ2) is 8.68. The summed E-state index contributed by atoms with van der Waals surface area (Å²) in [4.78, 5) is 0. The van der Waals surface area contributed by atoms with Crippen molar-refractivity contribution in [2.45, 2.75) is 64.7 Å². The van der Waals surface area contributed by atoms with Crippen molar-refractivity contribution in [1.82, 2.24) is 16.0 Å². The van der Waals surface area contributed by atoms with Crippen molar-refractivity contribution in [3.8, 4) is 0 Å². The van der Waals surface area contributed by atoms with Crippen LogP contribution in [0.4, 0.5) is 0 Å². The molecular weight excluding hydrogens is 402 g/mol. The van der Waals surface area contributed by atoms with E-state index in [1.807, 2.05) is 0 Å². The van der Waals surface area contributed by atoms with Crippen molar-refractivity contribution in [2.24, 2.45) is 23.7 Å². The first-order chi connectivity index (χ1) is 16.2. The van der Waals surface area contributed by atoms with E-state index in [0.717, 1.165) is 18.3 Å². The Labute approximate surface area is 198 Å². The lowest BCUT2D eigenvalue weighted by Crippen LogP contribution is -2.65. The van der Waals surface area contributed by atoms with E-state index in [9.17, 15) is 0 Å². The molecule has 3 heteroatoms. The zero-order chi connectivity index (χ0) is 22.4. The van der Waals surface area contributed by atoms with Crippen LogP contribution < -0.4 is 16.0 Å². The van der Waals surface area contributed by atoms with E-state index >= 15 is 0 Å². The number of rotatable bonds is 3. The van der Waals surface area contributed by atoms with Gasteiger partial charge < -0.3 is 10.6 Å². The van der Waals surface area contributed by atoms with Crippen LogP contribution in [0.1, 0.15) is 60.8 Å². The fourth-order valence-corrected chi connectivity index (χ4v) is 6.86. The maximum Gasteiger partial charge on any atom is 0.0851 e. The van der Waals surface area contributed by atoms with E-state index in [0.29, 0.717) is 24.2 Å². The summed E-state index contributed by atoms with van der Waals surface area (Å²) in [6.45, 7) is 4.32. The topological polar surface area (TPSA) is 36.1 Å². The molecule has 0 amide bonds. The first kappa shape index (κ1) is 21.0. The summed E-state index contributed by atoms with van der Waals surface area (Å²) in [5.41, 5.74) is 7.84. The molecule has 2 aromatic rings. The number of aryl methyl sites for hydroxylation is 2. The predicted octanol–water partition coefficient (Wildman–Crippen LogP) is 5.97. The van der Waals surface area contributed by atoms with Crippen LogP contribution in [0, 0.1) is 37.5 Å². The Balaban J connectivity index is 1.30. The summed E-state index contributed by atoms with van der Waals surface area (Å²) < 4.78 is 0. The van der Waals surface area contributed by atoms with Gasteiger partial charge >= 0.3 is 0 Å². The fraction of sp³-hybridized carbons (Fsp3) is 0.467. The van der Waals surface area contributed by atoms with Crippen LogP contribution >= 0.6 is 0 Å². The van der Waals surface area contributed by atoms with Crippen molar-refractivity contribution in [1.29, 1.82) is 0 Å². The Morgan fingerprint density at radius 3 is 1.97 bits per heavy atom. The third-order valence-corrected chi connectivity index (χ3v) is 8.61. The van der Waals surface area contributed by atoms with Gasteiger partial charge in [0.15, 0.2) is 0 Å². The maximum absolute atomic E-state index is 3.99. The standard InChI is InChI=1S/C30H37N3/c1-19-8-12-21(13-9-19)26-17-16-24-28(23-6-4-3-5-7-23)25-18-27(22-14-10-20(2)11-15-22)32-30(25)33-29(24)31-26/h8-15,17-18,23-25,28-33H,3-7,16H2,1-2H3. The normalized spacial score (nSPS) is 31.5. The SMILES string of the molecule is Cc1ccc(C2=CC3C(N2)NC2NC(c4ccc(C)cc4)=CCC2C3C2CCCCC2)cc1. The molecule has 33 heavy (non-hydrogen) atoms. The van der Waals surface area contributed by atoms with Crippen LogP contribution in [0.2, 0.25) is 0 Å². The molecule has 0 bridgehead atoms. The van der Waals surface area contributed by atoms with Crippen molar-refractivity contribution >= 4 is 11.4 Å². The molecule has 2 aromatic carbocycles. The molecule has 0 radical (unpaired) electrons. The van der Waals surface area contributed by atoms with E-state index in [-0.39, 0.29) is 0 Å². The molecule has 3 N–H and O–H groups in total. The van der Waals surface area contributed by atoms with E-state index in [1.54, 1.807) is 0 Å². The van der Waals surface area contributed by atoms with Crippen LogP contribution in [0.15, 0.2) is 60.7 Å². The molecule has 5 unspecified atom stereocenters. The van der Waals surface area contributed by atoms with Crippen molar-refractivity contribution in [3.05, 3.63) is 82.9 Å². The van der Waals surface area contributed by atoms with E-state index in [1.165, 1.54) is 65.8 Å². The summed E-state index contributed by atoms with van der Waals surface area (Å²) in [5, 5.41) is 11.8. The van der Waals surface area contributed by atoms with Gasteiger partial charge in [0.1, 0.15) is 0 Å². The molecule has 172 valence electrons. The van der Waals surface area contributed by atoms with Gasteiger partial charge in [-0.05, 0) is 49.1 Å². The molecule has 1 aliphatic carbocycles. The Hall–Kier alpha value is -2.52. The van der Waals surface area contributed by atoms with Gasteiger partial charge in [0.05, 0.1) is 12.3 Å². The molecule has 6 rings (SSSR count). The minimum atomic E-state index is 0.305. The largest absolute Gasteiger partial charge is 0.369 e. The second-order valence-corrected chi connectivity index (χ2v) is 10.8. The Bertz CT molecular complexity index is 1040. The molecule has 5 atom stereocenters. The van der Waals surface area contributed by atoms with Crippen LogP contribution in [-0.2, 0) is 0 Å². The first-order valence-corrected chi connectivity index (χ1v) is 13.0. The Morgan fingerprint density at radius 1 is 0.697 bits per heavy atom. The number of nitrogens with one attached hydrogen (secondary N) is 3. The number of benzene rings is 2. The van der Waals surface area contributed by atoms with E-state index < -0.39 is 0 Å². The third-order valence-electron chi connectivity index (χ3n) is 8.61. The fourth-order valence-electron chi connectivity index (χ4n) is 6.86. The molecule has 0 aromatic heterocycles. The zero-order valence-electron chi connectivity index (χ0n) is 20.0. The lowest BCUT2D eigenvalue weighted by molar-refractivity contribution is 0.0340. The molecule has 3 heterocycles. The highest BCUT2D eigenvalue weighted by molar-refractivity contribution is 5.68. The van der Waals surface area contributed by atoms with Gasteiger partial charge in [-0.3, -0.25) is 5.32 Å². The Kier molecular flexibility index (Phi) is 5.54. The lowest BCUT2D eigenvalue weighted by atomic mass is 9.63. The van der Waals surface area contributed by atoms with Gasteiger partial charge in [-0.2, -0.15) is 0 Å². The average molecular weight is 440 g/mol. The van der Waals surface area contributed by atoms with Crippen molar-refractivity contribution in [2.75, 3.05) is 0 Å². The summed E-state index contributed by atoms with van der Waals surface area (Å²) in [7, 11) is 0.